The molecule has 0 bridgehead atoms. The van der Waals surface area contributed by atoms with Crippen molar-refractivity contribution >= 4 is 5.91 Å². The summed E-state index contributed by atoms with van der Waals surface area (Å²) in [6.45, 7) is 6.47. The van der Waals surface area contributed by atoms with Gasteiger partial charge in [-0.05, 0) is 19.3 Å². The Hall–Kier alpha value is -0.610. The van der Waals surface area contributed by atoms with Crippen LogP contribution >= 0.6 is 0 Å². The quantitative estimate of drug-likeness (QED) is 0.0611. The Morgan fingerprint density at radius 2 is 0.766 bits per heavy atom. The van der Waals surface area contributed by atoms with Gasteiger partial charge in [0.05, 0.1) is 13.2 Å². The van der Waals surface area contributed by atoms with Gasteiger partial charge < -0.3 is 14.4 Å². The van der Waals surface area contributed by atoms with Crippen LogP contribution in [-0.2, 0) is 14.3 Å². The molecule has 0 aliphatic carbocycles. The summed E-state index contributed by atoms with van der Waals surface area (Å²) in [4.78, 5) is 15.1. The molecule has 0 radical (unpaired) electrons. The van der Waals surface area contributed by atoms with Crippen LogP contribution in [0, 0.1) is 0 Å². The first-order valence-electron chi connectivity index (χ1n) is 21.5. The molecule has 1 amide bonds. The number of hydrogen-bond acceptors (Lipinski definition) is 3. The van der Waals surface area contributed by atoms with Crippen molar-refractivity contribution < 1.29 is 14.3 Å². The normalized spacial score (nSPS) is 11.6. The van der Waals surface area contributed by atoms with E-state index in [-0.39, 0.29) is 0 Å². The molecule has 47 heavy (non-hydrogen) atoms. The van der Waals surface area contributed by atoms with Crippen LogP contribution in [0.3, 0.4) is 0 Å². The maximum absolute atomic E-state index is 13.0. The lowest BCUT2D eigenvalue weighted by Gasteiger charge is -2.29. The number of ether oxygens (including phenoxy) is 2. The second-order valence-electron chi connectivity index (χ2n) is 14.8. The molecule has 0 saturated carbocycles. The van der Waals surface area contributed by atoms with Crippen molar-refractivity contribution in [2.24, 2.45) is 0 Å². The molecule has 0 N–H and O–H groups in total. The first kappa shape index (κ1) is 46.4. The highest BCUT2D eigenvalue weighted by Crippen LogP contribution is 2.20. The number of carbonyl (C=O) groups excluding carboxylic acids is 1. The molecule has 0 atom stereocenters. The van der Waals surface area contributed by atoms with E-state index in [1.807, 2.05) is 0 Å². The molecule has 0 heterocycles. The van der Waals surface area contributed by atoms with E-state index in [1.165, 1.54) is 205 Å². The number of carbonyl (C=O) groups is 1. The average molecular weight is 666 g/mol. The van der Waals surface area contributed by atoms with E-state index in [2.05, 4.69) is 25.8 Å². The van der Waals surface area contributed by atoms with Gasteiger partial charge in [0.2, 0.25) is 5.91 Å². The van der Waals surface area contributed by atoms with Crippen LogP contribution in [-0.4, -0.2) is 50.8 Å². The third-order valence-electron chi connectivity index (χ3n) is 10.3. The lowest BCUT2D eigenvalue weighted by atomic mass is 9.98. The number of amides is 1. The Bertz CT molecular complexity index is 564. The first-order valence-corrected chi connectivity index (χ1v) is 21.5. The zero-order chi connectivity index (χ0) is 34.3. The molecule has 0 unspecified atom stereocenters. The van der Waals surface area contributed by atoms with Crippen molar-refractivity contribution in [3.05, 3.63) is 0 Å². The highest BCUT2D eigenvalue weighted by Gasteiger charge is 2.19. The van der Waals surface area contributed by atoms with E-state index in [0.29, 0.717) is 38.2 Å². The van der Waals surface area contributed by atoms with Crippen LogP contribution in [0.15, 0.2) is 0 Å². The summed E-state index contributed by atoms with van der Waals surface area (Å²) < 4.78 is 10.6. The monoisotopic (exact) mass is 666 g/mol. The molecule has 0 aliphatic heterocycles. The molecule has 4 nitrogen and oxygen atoms in total. The third kappa shape index (κ3) is 35.0. The van der Waals surface area contributed by atoms with E-state index in [0.717, 1.165) is 6.42 Å². The summed E-state index contributed by atoms with van der Waals surface area (Å²) >= 11 is 0. The smallest absolute Gasteiger partial charge is 0.222 e. The number of methoxy groups -OCH3 is 1. The molecule has 4 heteroatoms. The molecule has 282 valence electrons. The lowest BCUT2D eigenvalue weighted by Crippen LogP contribution is -2.37. The number of nitrogens with zero attached hydrogens (tertiary/aromatic N) is 1. The van der Waals surface area contributed by atoms with Crippen LogP contribution in [0.2, 0.25) is 0 Å². The topological polar surface area (TPSA) is 38.8 Å². The second-order valence-corrected chi connectivity index (χ2v) is 14.8. The lowest BCUT2D eigenvalue weighted by molar-refractivity contribution is -0.132. The van der Waals surface area contributed by atoms with E-state index in [1.54, 1.807) is 7.11 Å². The predicted octanol–water partition coefficient (Wildman–Crippen LogP) is 13.8. The predicted molar refractivity (Wildman–Crippen MR) is 208 cm³/mol. The van der Waals surface area contributed by atoms with E-state index >= 15 is 0 Å². The molecule has 0 spiro atoms. The van der Waals surface area contributed by atoms with Gasteiger partial charge in [0.1, 0.15) is 0 Å². The fourth-order valence-electron chi connectivity index (χ4n) is 6.98. The van der Waals surface area contributed by atoms with Crippen molar-refractivity contribution in [3.8, 4) is 0 Å². The summed E-state index contributed by atoms with van der Waals surface area (Å²) in [6, 6.07) is 0.404. The van der Waals surface area contributed by atoms with Crippen LogP contribution < -0.4 is 0 Å². The second kappa shape index (κ2) is 39.8. The molecule has 0 fully saturated rings. The van der Waals surface area contributed by atoms with E-state index in [4.69, 9.17) is 9.47 Å². The molecule has 0 aromatic carbocycles. The maximum Gasteiger partial charge on any atom is 0.222 e. The first-order chi connectivity index (χ1) is 23.2. The molecule has 0 aliphatic rings. The Morgan fingerprint density at radius 3 is 1.09 bits per heavy atom. The molecule has 0 aromatic rings. The third-order valence-corrected chi connectivity index (χ3v) is 10.3. The Kier molecular flexibility index (Phi) is 39.3. The van der Waals surface area contributed by atoms with Crippen LogP contribution in [0.4, 0.5) is 0 Å². The van der Waals surface area contributed by atoms with Gasteiger partial charge in [-0.25, -0.2) is 0 Å². The molecule has 0 aromatic heterocycles. The van der Waals surface area contributed by atoms with Gasteiger partial charge >= 0.3 is 0 Å². The summed E-state index contributed by atoms with van der Waals surface area (Å²) in [5, 5.41) is 0. The number of unbranched alkanes of at least 4 members (excludes halogenated alkanes) is 28. The van der Waals surface area contributed by atoms with Gasteiger partial charge in [-0.15, -0.1) is 0 Å². The number of hydrogen-bond donors (Lipinski definition) is 0. The summed E-state index contributed by atoms with van der Waals surface area (Å²) in [7, 11) is 3.76. The van der Waals surface area contributed by atoms with Crippen molar-refractivity contribution in [3.63, 3.8) is 0 Å². The summed E-state index contributed by atoms with van der Waals surface area (Å²) in [5.41, 5.74) is 0. The largest absolute Gasteiger partial charge is 0.382 e. The van der Waals surface area contributed by atoms with Crippen molar-refractivity contribution in [2.75, 3.05) is 34.0 Å². The highest BCUT2D eigenvalue weighted by atomic mass is 16.5. The van der Waals surface area contributed by atoms with Gasteiger partial charge in [-0.1, -0.05) is 206 Å². The van der Waals surface area contributed by atoms with Crippen molar-refractivity contribution in [2.45, 2.75) is 238 Å². The number of rotatable bonds is 40. The summed E-state index contributed by atoms with van der Waals surface area (Å²) in [6.07, 6.45) is 45.8. The van der Waals surface area contributed by atoms with Gasteiger partial charge in [0.25, 0.3) is 0 Å². The average Bonchev–Trinajstić information content (AvgIpc) is 3.08. The molecule has 0 rings (SSSR count). The van der Waals surface area contributed by atoms with Crippen LogP contribution in [0.25, 0.3) is 0 Å². The standard InChI is InChI=1S/C43H87NO3/c1-5-7-9-11-13-15-17-19-21-23-25-27-29-31-33-36-42(44(3)43(45)38-35-39-47-41-40-46-4)37-34-32-30-28-26-24-22-20-18-16-14-12-10-8-6-2/h42H,5-41H2,1-4H3. The SMILES string of the molecule is CCCCCCCCCCCCCCCCCC(CCCCCCCCCCCCCCCCC)N(C)C(=O)CCCOCCOC. The molecular formula is C43H87NO3. The van der Waals surface area contributed by atoms with Gasteiger partial charge in [-0.2, -0.15) is 0 Å². The van der Waals surface area contributed by atoms with Gasteiger partial charge in [0.15, 0.2) is 0 Å². The van der Waals surface area contributed by atoms with Crippen LogP contribution in [0.5, 0.6) is 0 Å². The Balaban J connectivity index is 4.09. The molecule has 0 saturated heterocycles. The van der Waals surface area contributed by atoms with E-state index < -0.39 is 0 Å². The van der Waals surface area contributed by atoms with Gasteiger partial charge in [-0.3, -0.25) is 4.79 Å². The highest BCUT2D eigenvalue weighted by molar-refractivity contribution is 5.76. The summed E-state index contributed by atoms with van der Waals surface area (Å²) in [5.74, 6) is 0.298. The zero-order valence-corrected chi connectivity index (χ0v) is 32.9. The maximum atomic E-state index is 13.0. The fraction of sp³-hybridized carbons (Fsp3) is 0.977. The Labute approximate surface area is 296 Å². The molecular weight excluding hydrogens is 578 g/mol. The Morgan fingerprint density at radius 1 is 0.447 bits per heavy atom. The zero-order valence-electron chi connectivity index (χ0n) is 32.9. The van der Waals surface area contributed by atoms with E-state index in [9.17, 15) is 4.79 Å². The minimum Gasteiger partial charge on any atom is -0.382 e. The minimum atomic E-state index is 0.298. The van der Waals surface area contributed by atoms with Crippen molar-refractivity contribution in [1.29, 1.82) is 0 Å². The minimum absolute atomic E-state index is 0.298. The fourth-order valence-corrected chi connectivity index (χ4v) is 6.98. The van der Waals surface area contributed by atoms with Gasteiger partial charge in [0, 0.05) is 33.2 Å². The van der Waals surface area contributed by atoms with Crippen molar-refractivity contribution in [1.82, 2.24) is 4.90 Å². The van der Waals surface area contributed by atoms with Crippen LogP contribution in [0.1, 0.15) is 232 Å².